The summed E-state index contributed by atoms with van der Waals surface area (Å²) in [7, 11) is 1.73. The van der Waals surface area contributed by atoms with Gasteiger partial charge in [0.15, 0.2) is 5.82 Å². The number of nitrogens with two attached hydrogens (primary N) is 1. The zero-order chi connectivity index (χ0) is 12.5. The fraction of sp³-hybridized carbons (Fsp3) is 0.417. The third kappa shape index (κ3) is 1.74. The van der Waals surface area contributed by atoms with Crippen LogP contribution in [0.4, 0.5) is 5.69 Å². The fourth-order valence-corrected chi connectivity index (χ4v) is 2.25. The van der Waals surface area contributed by atoms with Gasteiger partial charge in [0.1, 0.15) is 0 Å². The molecule has 0 unspecified atom stereocenters. The highest BCUT2D eigenvalue weighted by molar-refractivity contribution is 5.71. The first-order valence-electron chi connectivity index (χ1n) is 5.95. The highest BCUT2D eigenvalue weighted by atomic mass is 16.5. The minimum Gasteiger partial charge on any atom is -0.398 e. The van der Waals surface area contributed by atoms with E-state index in [1.54, 1.807) is 7.11 Å². The predicted octanol–water partition coefficient (Wildman–Crippen LogP) is 1.27. The van der Waals surface area contributed by atoms with Crippen molar-refractivity contribution in [2.75, 3.05) is 12.8 Å². The first kappa shape index (κ1) is 11.2. The topological polar surface area (TPSA) is 78.8 Å². The van der Waals surface area contributed by atoms with Crippen molar-refractivity contribution in [3.05, 3.63) is 24.3 Å². The molecule has 3 rings (SSSR count). The summed E-state index contributed by atoms with van der Waals surface area (Å²) in [5.41, 5.74) is 7.53. The Morgan fingerprint density at radius 3 is 2.83 bits per heavy atom. The van der Waals surface area contributed by atoms with E-state index < -0.39 is 0 Å². The Kier molecular flexibility index (Phi) is 2.71. The molecule has 1 saturated carbocycles. The van der Waals surface area contributed by atoms with Crippen LogP contribution in [0.1, 0.15) is 18.9 Å². The molecule has 0 radical (unpaired) electrons. The summed E-state index contributed by atoms with van der Waals surface area (Å²) in [6.07, 6.45) is 2.21. The maximum atomic E-state index is 5.96. The molecule has 1 heterocycles. The number of methoxy groups -OCH3 is 1. The van der Waals surface area contributed by atoms with Crippen molar-refractivity contribution in [2.45, 2.75) is 25.0 Å². The first-order valence-corrected chi connectivity index (χ1v) is 5.95. The van der Waals surface area contributed by atoms with E-state index in [0.717, 1.165) is 24.2 Å². The van der Waals surface area contributed by atoms with E-state index in [2.05, 4.69) is 15.5 Å². The summed E-state index contributed by atoms with van der Waals surface area (Å²) >= 11 is 0. The largest absolute Gasteiger partial charge is 0.398 e. The number of rotatable bonds is 3. The Labute approximate surface area is 105 Å². The molecule has 18 heavy (non-hydrogen) atoms. The maximum Gasteiger partial charge on any atom is 0.184 e. The molecule has 1 fully saturated rings. The molecule has 2 aromatic rings. The molecule has 94 valence electrons. The van der Waals surface area contributed by atoms with E-state index in [9.17, 15) is 0 Å². The van der Waals surface area contributed by atoms with E-state index in [1.165, 1.54) is 0 Å². The van der Waals surface area contributed by atoms with E-state index in [0.29, 0.717) is 17.8 Å². The molecule has 1 aromatic heterocycles. The molecule has 1 aliphatic carbocycles. The smallest absolute Gasteiger partial charge is 0.184 e. The van der Waals surface area contributed by atoms with Gasteiger partial charge < -0.3 is 10.5 Å². The standard InChI is InChI=1S/C12H15N5O/c1-18-9-6-8(7-9)17-12(14-15-16-17)10-4-2-3-5-11(10)13/h2-5,8-9H,6-7,13H2,1H3. The number of anilines is 1. The highest BCUT2D eigenvalue weighted by Crippen LogP contribution is 2.36. The van der Waals surface area contributed by atoms with Crippen LogP contribution in [0.3, 0.4) is 0 Å². The van der Waals surface area contributed by atoms with Crippen LogP contribution in [-0.4, -0.2) is 33.4 Å². The third-order valence-electron chi connectivity index (χ3n) is 3.44. The number of tetrazole rings is 1. The lowest BCUT2D eigenvalue weighted by Crippen LogP contribution is -2.33. The van der Waals surface area contributed by atoms with Crippen molar-refractivity contribution in [2.24, 2.45) is 0 Å². The van der Waals surface area contributed by atoms with Gasteiger partial charge in [0.25, 0.3) is 0 Å². The van der Waals surface area contributed by atoms with Gasteiger partial charge in [0.05, 0.1) is 12.1 Å². The van der Waals surface area contributed by atoms with E-state index in [1.807, 2.05) is 28.9 Å². The van der Waals surface area contributed by atoms with Crippen LogP contribution in [0.2, 0.25) is 0 Å². The molecule has 0 atom stereocenters. The van der Waals surface area contributed by atoms with Crippen LogP contribution in [0.5, 0.6) is 0 Å². The van der Waals surface area contributed by atoms with Gasteiger partial charge in [-0.3, -0.25) is 0 Å². The molecule has 0 bridgehead atoms. The molecule has 2 N–H and O–H groups in total. The van der Waals surface area contributed by atoms with Crippen molar-refractivity contribution < 1.29 is 4.74 Å². The summed E-state index contributed by atoms with van der Waals surface area (Å²) in [6.45, 7) is 0. The van der Waals surface area contributed by atoms with E-state index in [4.69, 9.17) is 10.5 Å². The van der Waals surface area contributed by atoms with Crippen molar-refractivity contribution >= 4 is 5.69 Å². The number of hydrogen-bond donors (Lipinski definition) is 1. The van der Waals surface area contributed by atoms with Crippen LogP contribution in [0, 0.1) is 0 Å². The molecule has 1 aliphatic rings. The minimum absolute atomic E-state index is 0.305. The lowest BCUT2D eigenvalue weighted by atomic mass is 9.89. The Hall–Kier alpha value is -1.95. The number of nitrogen functional groups attached to an aromatic ring is 1. The monoisotopic (exact) mass is 245 g/mol. The van der Waals surface area contributed by atoms with Gasteiger partial charge in [0, 0.05) is 18.4 Å². The molecule has 6 heteroatoms. The van der Waals surface area contributed by atoms with Crippen LogP contribution in [0.15, 0.2) is 24.3 Å². The number of ether oxygens (including phenoxy) is 1. The van der Waals surface area contributed by atoms with Gasteiger partial charge in [-0.15, -0.1) is 5.10 Å². The average Bonchev–Trinajstić information content (AvgIpc) is 2.77. The van der Waals surface area contributed by atoms with Crippen LogP contribution in [-0.2, 0) is 4.74 Å². The highest BCUT2D eigenvalue weighted by Gasteiger charge is 2.33. The molecule has 1 aromatic carbocycles. The number of aromatic nitrogens is 4. The Bertz CT molecular complexity index is 547. The van der Waals surface area contributed by atoms with Crippen molar-refractivity contribution in [1.82, 2.24) is 20.2 Å². The zero-order valence-corrected chi connectivity index (χ0v) is 10.2. The van der Waals surface area contributed by atoms with Gasteiger partial charge in [-0.2, -0.15) is 0 Å². The van der Waals surface area contributed by atoms with Gasteiger partial charge >= 0.3 is 0 Å². The Balaban J connectivity index is 1.91. The van der Waals surface area contributed by atoms with Gasteiger partial charge in [0.2, 0.25) is 0 Å². The minimum atomic E-state index is 0.305. The van der Waals surface area contributed by atoms with E-state index in [-0.39, 0.29) is 0 Å². The molecular weight excluding hydrogens is 230 g/mol. The van der Waals surface area contributed by atoms with Crippen LogP contribution >= 0.6 is 0 Å². The van der Waals surface area contributed by atoms with Gasteiger partial charge in [-0.25, -0.2) is 4.68 Å². The molecule has 6 nitrogen and oxygen atoms in total. The van der Waals surface area contributed by atoms with Crippen molar-refractivity contribution in [3.63, 3.8) is 0 Å². The van der Waals surface area contributed by atoms with Crippen LogP contribution < -0.4 is 5.73 Å². The predicted molar refractivity (Wildman–Crippen MR) is 66.7 cm³/mol. The summed E-state index contributed by atoms with van der Waals surface area (Å²) in [4.78, 5) is 0. The van der Waals surface area contributed by atoms with Gasteiger partial charge in [-0.1, -0.05) is 12.1 Å². The fourth-order valence-electron chi connectivity index (χ4n) is 2.25. The molecule has 0 aliphatic heterocycles. The lowest BCUT2D eigenvalue weighted by Gasteiger charge is -2.34. The van der Waals surface area contributed by atoms with Crippen molar-refractivity contribution in [1.29, 1.82) is 0 Å². The maximum absolute atomic E-state index is 5.96. The summed E-state index contributed by atoms with van der Waals surface area (Å²) in [5.74, 6) is 0.729. The SMILES string of the molecule is COC1CC(n2nnnc2-c2ccccc2N)C1. The number of benzene rings is 1. The second-order valence-corrected chi connectivity index (χ2v) is 4.52. The first-order chi connectivity index (χ1) is 8.79. The summed E-state index contributed by atoms with van der Waals surface area (Å²) in [5, 5.41) is 11.9. The van der Waals surface area contributed by atoms with Crippen LogP contribution in [0.25, 0.3) is 11.4 Å². The normalized spacial score (nSPS) is 22.7. The van der Waals surface area contributed by atoms with Crippen molar-refractivity contribution in [3.8, 4) is 11.4 Å². The third-order valence-corrected chi connectivity index (χ3v) is 3.44. The number of nitrogens with zero attached hydrogens (tertiary/aromatic N) is 4. The van der Waals surface area contributed by atoms with E-state index >= 15 is 0 Å². The zero-order valence-electron chi connectivity index (χ0n) is 10.2. The Morgan fingerprint density at radius 1 is 1.33 bits per heavy atom. The molecule has 0 saturated heterocycles. The summed E-state index contributed by atoms with van der Waals surface area (Å²) < 4.78 is 7.13. The molecule has 0 amide bonds. The summed E-state index contributed by atoms with van der Waals surface area (Å²) in [6, 6.07) is 7.93. The average molecular weight is 245 g/mol. The number of hydrogen-bond acceptors (Lipinski definition) is 5. The lowest BCUT2D eigenvalue weighted by molar-refractivity contribution is 0.00248. The molecule has 0 spiro atoms. The molecular formula is C12H15N5O. The van der Waals surface area contributed by atoms with Gasteiger partial charge in [-0.05, 0) is 35.4 Å². The second-order valence-electron chi connectivity index (χ2n) is 4.52. The quantitative estimate of drug-likeness (QED) is 0.824. The number of para-hydroxylation sites is 1. The Morgan fingerprint density at radius 2 is 2.11 bits per heavy atom. The second kappa shape index (κ2) is 4.38.